The van der Waals surface area contributed by atoms with E-state index in [0.717, 1.165) is 0 Å². The number of rotatable bonds is 6. The zero-order valence-corrected chi connectivity index (χ0v) is 15.0. The SMILES string of the molecule is COC(=O)/C(C#N)=C/Nc1ccc(S(=O)(=O)N(C)c2ccccc2)cc1. The van der Waals surface area contributed by atoms with Gasteiger partial charge in [0.1, 0.15) is 6.07 Å². The van der Waals surface area contributed by atoms with Crippen molar-refractivity contribution in [1.29, 1.82) is 5.26 Å². The van der Waals surface area contributed by atoms with Crippen LogP contribution in [0.15, 0.2) is 71.3 Å². The third-order valence-electron chi connectivity index (χ3n) is 3.54. The van der Waals surface area contributed by atoms with E-state index in [1.807, 2.05) is 6.07 Å². The summed E-state index contributed by atoms with van der Waals surface area (Å²) in [6.45, 7) is 0. The van der Waals surface area contributed by atoms with Gasteiger partial charge in [0, 0.05) is 18.9 Å². The molecule has 0 aliphatic rings. The number of nitriles is 1. The summed E-state index contributed by atoms with van der Waals surface area (Å²) in [5, 5.41) is 11.6. The van der Waals surface area contributed by atoms with Gasteiger partial charge < -0.3 is 10.1 Å². The molecular weight excluding hydrogens is 354 g/mol. The van der Waals surface area contributed by atoms with Crippen molar-refractivity contribution in [3.8, 4) is 6.07 Å². The number of hydrogen-bond acceptors (Lipinski definition) is 6. The van der Waals surface area contributed by atoms with Crippen LogP contribution in [0.4, 0.5) is 11.4 Å². The number of benzene rings is 2. The number of carbonyl (C=O) groups is 1. The molecule has 0 amide bonds. The van der Waals surface area contributed by atoms with E-state index in [-0.39, 0.29) is 10.5 Å². The lowest BCUT2D eigenvalue weighted by atomic mass is 10.3. The molecule has 0 saturated carbocycles. The highest BCUT2D eigenvalue weighted by Gasteiger charge is 2.20. The van der Waals surface area contributed by atoms with Crippen molar-refractivity contribution in [1.82, 2.24) is 0 Å². The van der Waals surface area contributed by atoms with Crippen molar-refractivity contribution in [2.24, 2.45) is 0 Å². The summed E-state index contributed by atoms with van der Waals surface area (Å²) in [4.78, 5) is 11.4. The number of ether oxygens (including phenoxy) is 1. The number of sulfonamides is 1. The average molecular weight is 371 g/mol. The second-order valence-corrected chi connectivity index (χ2v) is 7.11. The topological polar surface area (TPSA) is 99.5 Å². The molecule has 7 nitrogen and oxygen atoms in total. The molecule has 0 unspecified atom stereocenters. The van der Waals surface area contributed by atoms with Crippen LogP contribution in [0.2, 0.25) is 0 Å². The lowest BCUT2D eigenvalue weighted by Crippen LogP contribution is -2.26. The number of nitrogens with zero attached hydrogens (tertiary/aromatic N) is 2. The molecule has 2 aromatic carbocycles. The lowest BCUT2D eigenvalue weighted by molar-refractivity contribution is -0.135. The van der Waals surface area contributed by atoms with E-state index in [1.54, 1.807) is 30.3 Å². The molecule has 0 saturated heterocycles. The summed E-state index contributed by atoms with van der Waals surface area (Å²) >= 11 is 0. The standard InChI is InChI=1S/C18H17N3O4S/c1-21(16-6-4-3-5-7-16)26(23,24)17-10-8-15(9-11-17)20-13-14(12-19)18(22)25-2/h3-11,13,20H,1-2H3/b14-13+. The van der Waals surface area contributed by atoms with Crippen molar-refractivity contribution >= 4 is 27.4 Å². The molecule has 0 fully saturated rings. The Morgan fingerprint density at radius 3 is 2.31 bits per heavy atom. The monoisotopic (exact) mass is 371 g/mol. The minimum atomic E-state index is -3.70. The molecule has 8 heteroatoms. The highest BCUT2D eigenvalue weighted by molar-refractivity contribution is 7.92. The van der Waals surface area contributed by atoms with Gasteiger partial charge in [-0.1, -0.05) is 18.2 Å². The number of carbonyl (C=O) groups excluding carboxylic acids is 1. The van der Waals surface area contributed by atoms with Crippen LogP contribution in [-0.4, -0.2) is 28.5 Å². The van der Waals surface area contributed by atoms with E-state index in [4.69, 9.17) is 5.26 Å². The van der Waals surface area contributed by atoms with Gasteiger partial charge in [-0.15, -0.1) is 0 Å². The molecule has 0 heterocycles. The molecule has 0 aliphatic heterocycles. The number of methoxy groups -OCH3 is 1. The highest BCUT2D eigenvalue weighted by atomic mass is 32.2. The maximum atomic E-state index is 12.7. The van der Waals surface area contributed by atoms with Gasteiger partial charge in [-0.2, -0.15) is 5.26 Å². The van der Waals surface area contributed by atoms with E-state index in [2.05, 4.69) is 10.1 Å². The predicted molar refractivity (Wildman–Crippen MR) is 97.8 cm³/mol. The van der Waals surface area contributed by atoms with E-state index >= 15 is 0 Å². The Kier molecular flexibility index (Phi) is 5.98. The average Bonchev–Trinajstić information content (AvgIpc) is 2.68. The first-order valence-corrected chi connectivity index (χ1v) is 8.93. The smallest absolute Gasteiger partial charge is 0.350 e. The molecule has 1 N–H and O–H groups in total. The van der Waals surface area contributed by atoms with Crippen molar-refractivity contribution < 1.29 is 17.9 Å². The normalized spacial score (nSPS) is 11.3. The third-order valence-corrected chi connectivity index (χ3v) is 5.34. The van der Waals surface area contributed by atoms with Crippen molar-refractivity contribution in [2.75, 3.05) is 23.8 Å². The summed E-state index contributed by atoms with van der Waals surface area (Å²) in [6.07, 6.45) is 1.20. The molecule has 26 heavy (non-hydrogen) atoms. The number of anilines is 2. The first kappa shape index (κ1) is 19.0. The summed E-state index contributed by atoms with van der Waals surface area (Å²) in [5.74, 6) is -0.760. The van der Waals surface area contributed by atoms with Crippen molar-refractivity contribution in [3.05, 3.63) is 66.4 Å². The van der Waals surface area contributed by atoms with Gasteiger partial charge in [-0.25, -0.2) is 13.2 Å². The molecular formula is C18H17N3O4S. The maximum Gasteiger partial charge on any atom is 0.350 e. The summed E-state index contributed by atoms with van der Waals surface area (Å²) in [6, 6.07) is 16.4. The van der Waals surface area contributed by atoms with Crippen LogP contribution in [0.3, 0.4) is 0 Å². The molecule has 134 valence electrons. The van der Waals surface area contributed by atoms with Crippen LogP contribution < -0.4 is 9.62 Å². The number of hydrogen-bond donors (Lipinski definition) is 1. The van der Waals surface area contributed by atoms with Crippen molar-refractivity contribution in [3.63, 3.8) is 0 Å². The Morgan fingerprint density at radius 1 is 1.15 bits per heavy atom. The maximum absolute atomic E-state index is 12.7. The quantitative estimate of drug-likeness (QED) is 0.476. The minimum absolute atomic E-state index is 0.117. The summed E-state index contributed by atoms with van der Waals surface area (Å²) < 4.78 is 31.0. The van der Waals surface area contributed by atoms with Gasteiger partial charge in [0.25, 0.3) is 10.0 Å². The van der Waals surface area contributed by atoms with E-state index in [9.17, 15) is 13.2 Å². The van der Waals surface area contributed by atoms with Crippen LogP contribution in [0.5, 0.6) is 0 Å². The van der Waals surface area contributed by atoms with Crippen LogP contribution in [0.25, 0.3) is 0 Å². The molecule has 2 rings (SSSR count). The molecule has 0 bridgehead atoms. The Morgan fingerprint density at radius 2 is 1.77 bits per heavy atom. The highest BCUT2D eigenvalue weighted by Crippen LogP contribution is 2.22. The summed E-state index contributed by atoms with van der Waals surface area (Å²) in [5.41, 5.74) is 0.866. The molecule has 0 spiro atoms. The Labute approximate surface area is 152 Å². The Bertz CT molecular complexity index is 946. The lowest BCUT2D eigenvalue weighted by Gasteiger charge is -2.19. The van der Waals surface area contributed by atoms with E-state index in [1.165, 1.54) is 48.9 Å². The first-order chi connectivity index (χ1) is 12.4. The molecule has 0 aromatic heterocycles. The van der Waals surface area contributed by atoms with Gasteiger partial charge in [0.05, 0.1) is 17.7 Å². The zero-order valence-electron chi connectivity index (χ0n) is 14.2. The molecule has 2 aromatic rings. The molecule has 0 aliphatic carbocycles. The van der Waals surface area contributed by atoms with Crippen molar-refractivity contribution in [2.45, 2.75) is 4.90 Å². The van der Waals surface area contributed by atoms with Gasteiger partial charge in [0.15, 0.2) is 5.57 Å². The van der Waals surface area contributed by atoms with Crippen LogP contribution in [0, 0.1) is 11.3 Å². The first-order valence-electron chi connectivity index (χ1n) is 7.49. The van der Waals surface area contributed by atoms with Crippen LogP contribution >= 0.6 is 0 Å². The van der Waals surface area contributed by atoms with E-state index in [0.29, 0.717) is 11.4 Å². The van der Waals surface area contributed by atoms with Gasteiger partial charge in [0.2, 0.25) is 0 Å². The zero-order chi connectivity index (χ0) is 19.2. The molecule has 0 atom stereocenters. The van der Waals surface area contributed by atoms with Gasteiger partial charge in [-0.3, -0.25) is 4.31 Å². The minimum Gasteiger partial charge on any atom is -0.465 e. The number of para-hydroxylation sites is 1. The predicted octanol–water partition coefficient (Wildman–Crippen LogP) is 2.50. The van der Waals surface area contributed by atoms with Gasteiger partial charge in [-0.05, 0) is 36.4 Å². The second kappa shape index (κ2) is 8.18. The largest absolute Gasteiger partial charge is 0.465 e. The summed E-state index contributed by atoms with van der Waals surface area (Å²) in [7, 11) is -1.04. The Balaban J connectivity index is 2.20. The fourth-order valence-corrected chi connectivity index (χ4v) is 3.26. The fourth-order valence-electron chi connectivity index (χ4n) is 2.06. The van der Waals surface area contributed by atoms with Crippen LogP contribution in [-0.2, 0) is 19.6 Å². The Hall–Kier alpha value is -3.31. The fraction of sp³-hybridized carbons (Fsp3) is 0.111. The van der Waals surface area contributed by atoms with Gasteiger partial charge >= 0.3 is 5.97 Å². The second-order valence-electron chi connectivity index (χ2n) is 5.14. The number of nitrogens with one attached hydrogen (secondary N) is 1. The van der Waals surface area contributed by atoms with Crippen LogP contribution in [0.1, 0.15) is 0 Å². The third kappa shape index (κ3) is 4.20. The molecule has 0 radical (unpaired) electrons. The van der Waals surface area contributed by atoms with E-state index < -0.39 is 16.0 Å². The number of esters is 1.